The zero-order valence-electron chi connectivity index (χ0n) is 8.19. The van der Waals surface area contributed by atoms with E-state index in [0.29, 0.717) is 10.7 Å². The Morgan fingerprint density at radius 2 is 2.06 bits per heavy atom. The highest BCUT2D eigenvalue weighted by Gasteiger charge is 2.31. The van der Waals surface area contributed by atoms with Crippen molar-refractivity contribution in [3.8, 4) is 0 Å². The number of hydrogen-bond donors (Lipinski definition) is 2. The van der Waals surface area contributed by atoms with E-state index in [2.05, 4.69) is 5.10 Å². The molecule has 0 aliphatic rings. The van der Waals surface area contributed by atoms with Gasteiger partial charge in [-0.2, -0.15) is 17.9 Å². The molecule has 2 aromatic rings. The normalized spacial score (nSPS) is 11.9. The Kier molecular flexibility index (Phi) is 2.23. The predicted octanol–water partition coefficient (Wildman–Crippen LogP) is 2.16. The maximum absolute atomic E-state index is 12.4. The second-order valence-electron chi connectivity index (χ2n) is 3.31. The molecule has 1 aromatic heterocycles. The van der Waals surface area contributed by atoms with Crippen LogP contribution < -0.4 is 5.73 Å². The minimum atomic E-state index is -4.55. The van der Waals surface area contributed by atoms with Gasteiger partial charge < -0.3 is 10.8 Å². The number of nitrogens with two attached hydrogens (primary N) is 1. The number of anilines is 1. The Bertz CT molecular complexity index is 603. The lowest BCUT2D eigenvalue weighted by molar-refractivity contribution is -0.137. The van der Waals surface area contributed by atoms with E-state index in [0.717, 1.165) is 12.1 Å². The standard InChI is InChI=1S/C9H6F3N3O2/c10-9(11,12)4-1-2-5-6(3-4)15(8(16)17)14-7(5)13/h1-3H,(H2,13,14)(H,16,17). The molecule has 0 aliphatic carbocycles. The third-order valence-corrected chi connectivity index (χ3v) is 2.22. The molecule has 1 heterocycles. The fourth-order valence-electron chi connectivity index (χ4n) is 1.46. The summed E-state index contributed by atoms with van der Waals surface area (Å²) >= 11 is 0. The van der Waals surface area contributed by atoms with Gasteiger partial charge in [0.15, 0.2) is 5.82 Å². The van der Waals surface area contributed by atoms with E-state index >= 15 is 0 Å². The van der Waals surface area contributed by atoms with E-state index < -0.39 is 17.8 Å². The van der Waals surface area contributed by atoms with Crippen LogP contribution in [0.1, 0.15) is 5.56 Å². The molecule has 0 aliphatic heterocycles. The summed E-state index contributed by atoms with van der Waals surface area (Å²) < 4.78 is 37.8. The summed E-state index contributed by atoms with van der Waals surface area (Å²) in [6, 6.07) is 2.62. The van der Waals surface area contributed by atoms with Crippen molar-refractivity contribution in [3.63, 3.8) is 0 Å². The van der Waals surface area contributed by atoms with Gasteiger partial charge in [-0.25, -0.2) is 4.79 Å². The number of aromatic nitrogens is 2. The first kappa shape index (κ1) is 11.2. The van der Waals surface area contributed by atoms with Crippen LogP contribution in [0.15, 0.2) is 18.2 Å². The minimum Gasteiger partial charge on any atom is -0.463 e. The number of rotatable bonds is 0. The third-order valence-electron chi connectivity index (χ3n) is 2.22. The van der Waals surface area contributed by atoms with Crippen molar-refractivity contribution < 1.29 is 23.1 Å². The van der Waals surface area contributed by atoms with Gasteiger partial charge in [-0.1, -0.05) is 0 Å². The van der Waals surface area contributed by atoms with Crippen LogP contribution in [0.25, 0.3) is 10.9 Å². The Labute approximate surface area is 92.2 Å². The Morgan fingerprint density at radius 3 is 2.59 bits per heavy atom. The molecule has 17 heavy (non-hydrogen) atoms. The summed E-state index contributed by atoms with van der Waals surface area (Å²) in [5.74, 6) is -0.129. The fourth-order valence-corrected chi connectivity index (χ4v) is 1.46. The summed E-state index contributed by atoms with van der Waals surface area (Å²) in [6.07, 6.45) is -6.04. The topological polar surface area (TPSA) is 81.1 Å². The van der Waals surface area contributed by atoms with E-state index in [1.54, 1.807) is 0 Å². The molecule has 3 N–H and O–H groups in total. The lowest BCUT2D eigenvalue weighted by Gasteiger charge is -2.06. The first-order chi connectivity index (χ1) is 7.80. The average Bonchev–Trinajstić information content (AvgIpc) is 2.54. The molecule has 0 radical (unpaired) electrons. The molecule has 0 saturated carbocycles. The first-order valence-corrected chi connectivity index (χ1v) is 4.39. The van der Waals surface area contributed by atoms with E-state index in [4.69, 9.17) is 10.8 Å². The molecule has 2 rings (SSSR count). The quantitative estimate of drug-likeness (QED) is 0.745. The molecule has 1 aromatic carbocycles. The third kappa shape index (κ3) is 1.77. The number of alkyl halides is 3. The fraction of sp³-hybridized carbons (Fsp3) is 0.111. The van der Waals surface area contributed by atoms with Gasteiger partial charge in [0, 0.05) is 5.39 Å². The van der Waals surface area contributed by atoms with Crippen molar-refractivity contribution >= 4 is 22.8 Å². The molecule has 8 heteroatoms. The van der Waals surface area contributed by atoms with E-state index in [1.165, 1.54) is 0 Å². The molecule has 5 nitrogen and oxygen atoms in total. The van der Waals surface area contributed by atoms with Crippen molar-refractivity contribution in [2.24, 2.45) is 0 Å². The van der Waals surface area contributed by atoms with Crippen LogP contribution in [0.3, 0.4) is 0 Å². The zero-order valence-corrected chi connectivity index (χ0v) is 8.19. The Morgan fingerprint density at radius 1 is 1.41 bits per heavy atom. The van der Waals surface area contributed by atoms with Crippen LogP contribution in [-0.2, 0) is 6.18 Å². The van der Waals surface area contributed by atoms with Gasteiger partial charge in [-0.15, -0.1) is 5.10 Å². The highest BCUT2D eigenvalue weighted by atomic mass is 19.4. The number of carboxylic acid groups (broad SMARTS) is 1. The molecule has 0 bridgehead atoms. The highest BCUT2D eigenvalue weighted by Crippen LogP contribution is 2.32. The van der Waals surface area contributed by atoms with Crippen molar-refractivity contribution in [2.75, 3.05) is 5.73 Å². The maximum Gasteiger partial charge on any atom is 0.432 e. The summed E-state index contributed by atoms with van der Waals surface area (Å²) in [5.41, 5.74) is 4.26. The van der Waals surface area contributed by atoms with E-state index in [9.17, 15) is 18.0 Å². The van der Waals surface area contributed by atoms with Crippen LogP contribution in [0.5, 0.6) is 0 Å². The second-order valence-corrected chi connectivity index (χ2v) is 3.31. The average molecular weight is 245 g/mol. The summed E-state index contributed by atoms with van der Waals surface area (Å²) in [5, 5.41) is 12.4. The van der Waals surface area contributed by atoms with Crippen LogP contribution in [0.2, 0.25) is 0 Å². The largest absolute Gasteiger partial charge is 0.463 e. The van der Waals surface area contributed by atoms with Crippen molar-refractivity contribution in [1.29, 1.82) is 0 Å². The van der Waals surface area contributed by atoms with Gasteiger partial charge in [0.1, 0.15) is 0 Å². The number of nitrogen functional groups attached to an aromatic ring is 1. The summed E-state index contributed by atoms with van der Waals surface area (Å²) in [6.45, 7) is 0. The van der Waals surface area contributed by atoms with E-state index in [1.807, 2.05) is 0 Å². The van der Waals surface area contributed by atoms with E-state index in [-0.39, 0.29) is 16.7 Å². The molecular formula is C9H6F3N3O2. The van der Waals surface area contributed by atoms with Crippen LogP contribution >= 0.6 is 0 Å². The maximum atomic E-state index is 12.4. The monoisotopic (exact) mass is 245 g/mol. The second kappa shape index (κ2) is 3.37. The molecule has 90 valence electrons. The zero-order chi connectivity index (χ0) is 12.8. The molecular weight excluding hydrogens is 239 g/mol. The highest BCUT2D eigenvalue weighted by molar-refractivity contribution is 5.94. The van der Waals surface area contributed by atoms with Gasteiger partial charge in [0.25, 0.3) is 0 Å². The summed E-state index contributed by atoms with van der Waals surface area (Å²) in [7, 11) is 0. The van der Waals surface area contributed by atoms with Gasteiger partial charge in [-0.3, -0.25) is 0 Å². The number of nitrogens with zero attached hydrogens (tertiary/aromatic N) is 2. The van der Waals surface area contributed by atoms with Gasteiger partial charge >= 0.3 is 12.3 Å². The first-order valence-electron chi connectivity index (χ1n) is 4.39. The van der Waals surface area contributed by atoms with Crippen LogP contribution in [-0.4, -0.2) is 21.0 Å². The Hall–Kier alpha value is -2.25. The minimum absolute atomic E-state index is 0.129. The Balaban J connectivity index is 2.75. The van der Waals surface area contributed by atoms with Gasteiger partial charge in [0.2, 0.25) is 0 Å². The van der Waals surface area contributed by atoms with Gasteiger partial charge in [-0.05, 0) is 18.2 Å². The van der Waals surface area contributed by atoms with Crippen molar-refractivity contribution in [1.82, 2.24) is 9.78 Å². The van der Waals surface area contributed by atoms with Crippen LogP contribution in [0.4, 0.5) is 23.8 Å². The molecule has 0 amide bonds. The molecule has 0 saturated heterocycles. The lowest BCUT2D eigenvalue weighted by atomic mass is 10.1. The molecule has 0 atom stereocenters. The predicted molar refractivity (Wildman–Crippen MR) is 52.6 cm³/mol. The number of halogens is 3. The van der Waals surface area contributed by atoms with Crippen LogP contribution in [0, 0.1) is 0 Å². The number of hydrogen-bond acceptors (Lipinski definition) is 3. The number of fused-ring (bicyclic) bond motifs is 1. The molecule has 0 spiro atoms. The molecule has 0 fully saturated rings. The summed E-state index contributed by atoms with van der Waals surface area (Å²) in [4.78, 5) is 10.8. The smallest absolute Gasteiger partial charge is 0.432 e. The SMILES string of the molecule is Nc1nn(C(=O)O)c2cc(C(F)(F)F)ccc12. The molecule has 0 unspecified atom stereocenters. The van der Waals surface area contributed by atoms with Crippen molar-refractivity contribution in [3.05, 3.63) is 23.8 Å². The van der Waals surface area contributed by atoms with Gasteiger partial charge in [0.05, 0.1) is 11.1 Å². The number of carbonyl (C=O) groups is 1. The number of benzene rings is 1. The van der Waals surface area contributed by atoms with Crippen molar-refractivity contribution in [2.45, 2.75) is 6.18 Å². The lowest BCUT2D eigenvalue weighted by Crippen LogP contribution is -2.10.